The van der Waals surface area contributed by atoms with E-state index in [0.29, 0.717) is 28.0 Å². The summed E-state index contributed by atoms with van der Waals surface area (Å²) >= 11 is 0. The molecule has 1 heterocycles. The van der Waals surface area contributed by atoms with Crippen molar-refractivity contribution in [2.75, 3.05) is 14.2 Å². The maximum atomic E-state index is 12.7. The third-order valence-corrected chi connectivity index (χ3v) is 4.36. The number of hydrogen-bond donors (Lipinski definition) is 0. The van der Waals surface area contributed by atoms with Gasteiger partial charge in [-0.25, -0.2) is 14.6 Å². The van der Waals surface area contributed by atoms with E-state index in [1.54, 1.807) is 55.5 Å². The van der Waals surface area contributed by atoms with Crippen LogP contribution in [0.5, 0.6) is 11.5 Å². The van der Waals surface area contributed by atoms with Crippen molar-refractivity contribution in [2.24, 2.45) is 0 Å². The summed E-state index contributed by atoms with van der Waals surface area (Å²) in [5, 5.41) is 0.426. The van der Waals surface area contributed by atoms with E-state index in [1.807, 2.05) is 0 Å². The van der Waals surface area contributed by atoms with Crippen molar-refractivity contribution in [3.63, 3.8) is 0 Å². The van der Waals surface area contributed by atoms with Gasteiger partial charge in [0.05, 0.1) is 25.1 Å². The number of aromatic nitrogens is 2. The van der Waals surface area contributed by atoms with Crippen LogP contribution < -0.4 is 15.0 Å². The van der Waals surface area contributed by atoms with Crippen LogP contribution in [-0.2, 0) is 20.9 Å². The lowest BCUT2D eigenvalue weighted by molar-refractivity contribution is -0.135. The highest BCUT2D eigenvalue weighted by atomic mass is 16.6. The van der Waals surface area contributed by atoms with Gasteiger partial charge in [-0.2, -0.15) is 0 Å². The van der Waals surface area contributed by atoms with Crippen molar-refractivity contribution in [3.05, 3.63) is 70.3 Å². The number of methoxy groups -OCH3 is 2. The summed E-state index contributed by atoms with van der Waals surface area (Å²) in [6.07, 6.45) is 2.81. The molecule has 0 saturated carbocycles. The lowest BCUT2D eigenvalue weighted by atomic mass is 10.2. The van der Waals surface area contributed by atoms with Crippen molar-refractivity contribution >= 4 is 28.9 Å². The second-order valence-corrected chi connectivity index (χ2v) is 6.31. The Hall–Kier alpha value is -3.94. The molecule has 154 valence electrons. The highest BCUT2D eigenvalue weighted by Crippen LogP contribution is 2.28. The molecular weight excluding hydrogens is 388 g/mol. The molecule has 0 unspecified atom stereocenters. The first kappa shape index (κ1) is 20.8. The molecule has 0 saturated heterocycles. The molecule has 0 aliphatic heterocycles. The van der Waals surface area contributed by atoms with Crippen LogP contribution in [0.15, 0.2) is 53.3 Å². The summed E-state index contributed by atoms with van der Waals surface area (Å²) in [7, 11) is 2.72. The number of carbonyl (C=O) groups excluding carboxylic acids is 2. The minimum atomic E-state index is -0.645. The van der Waals surface area contributed by atoms with Gasteiger partial charge in [-0.3, -0.25) is 9.36 Å². The molecule has 0 radical (unpaired) electrons. The average Bonchev–Trinajstić information content (AvgIpc) is 2.75. The number of carbonyl (C=O) groups is 2. The predicted molar refractivity (Wildman–Crippen MR) is 110 cm³/mol. The first-order valence-corrected chi connectivity index (χ1v) is 9.04. The van der Waals surface area contributed by atoms with Crippen molar-refractivity contribution in [2.45, 2.75) is 13.5 Å². The number of esters is 2. The fourth-order valence-electron chi connectivity index (χ4n) is 2.85. The summed E-state index contributed by atoms with van der Waals surface area (Å²) in [5.74, 6) is -0.234. The van der Waals surface area contributed by atoms with E-state index < -0.39 is 11.9 Å². The molecule has 0 spiro atoms. The van der Waals surface area contributed by atoms with Gasteiger partial charge >= 0.3 is 11.9 Å². The number of para-hydroxylation sites is 1. The quantitative estimate of drug-likeness (QED) is 0.351. The summed E-state index contributed by atoms with van der Waals surface area (Å²) in [6.45, 7) is 1.36. The summed E-state index contributed by atoms with van der Waals surface area (Å²) in [6, 6.07) is 11.7. The Bertz CT molecular complexity index is 1200. The Morgan fingerprint density at radius 2 is 1.87 bits per heavy atom. The SMILES string of the molecule is COC(=O)/C=C/c1ccc(OC(=O)Cn2c(C)nc3ccccc3c2=O)c(OC)c1. The van der Waals surface area contributed by atoms with Gasteiger partial charge in [0.15, 0.2) is 11.5 Å². The molecule has 8 nitrogen and oxygen atoms in total. The smallest absolute Gasteiger partial charge is 0.331 e. The third-order valence-electron chi connectivity index (χ3n) is 4.36. The molecule has 8 heteroatoms. The molecule has 0 aliphatic rings. The van der Waals surface area contributed by atoms with Crippen LogP contribution in [-0.4, -0.2) is 35.7 Å². The zero-order valence-corrected chi connectivity index (χ0v) is 16.7. The molecule has 3 aromatic rings. The van der Waals surface area contributed by atoms with Gasteiger partial charge in [0, 0.05) is 6.08 Å². The number of ether oxygens (including phenoxy) is 3. The Morgan fingerprint density at radius 3 is 2.60 bits per heavy atom. The first-order chi connectivity index (χ1) is 14.4. The molecule has 0 amide bonds. The maximum absolute atomic E-state index is 12.7. The lowest BCUT2D eigenvalue weighted by Gasteiger charge is -2.12. The largest absolute Gasteiger partial charge is 0.493 e. The van der Waals surface area contributed by atoms with Crippen molar-refractivity contribution < 1.29 is 23.8 Å². The summed E-state index contributed by atoms with van der Waals surface area (Å²) in [4.78, 5) is 40.8. The van der Waals surface area contributed by atoms with Crippen LogP contribution in [0, 0.1) is 6.92 Å². The van der Waals surface area contributed by atoms with E-state index >= 15 is 0 Å². The van der Waals surface area contributed by atoms with E-state index in [9.17, 15) is 14.4 Å². The molecule has 3 rings (SSSR count). The van der Waals surface area contributed by atoms with Crippen LogP contribution in [0.4, 0.5) is 0 Å². The zero-order chi connectivity index (χ0) is 21.7. The van der Waals surface area contributed by atoms with Gasteiger partial charge in [-0.15, -0.1) is 0 Å². The topological polar surface area (TPSA) is 96.7 Å². The van der Waals surface area contributed by atoms with E-state index in [-0.39, 0.29) is 17.9 Å². The van der Waals surface area contributed by atoms with Gasteiger partial charge in [-0.1, -0.05) is 18.2 Å². The monoisotopic (exact) mass is 408 g/mol. The van der Waals surface area contributed by atoms with Crippen LogP contribution in [0.2, 0.25) is 0 Å². The minimum absolute atomic E-state index is 0.192. The number of rotatable bonds is 6. The molecule has 1 aromatic heterocycles. The normalized spacial score (nSPS) is 10.9. The Labute approximate surface area is 172 Å². The van der Waals surface area contributed by atoms with Crippen LogP contribution in [0.1, 0.15) is 11.4 Å². The summed E-state index contributed by atoms with van der Waals surface area (Å²) in [5.41, 5.74) is 0.912. The van der Waals surface area contributed by atoms with Gasteiger partial charge in [0.25, 0.3) is 5.56 Å². The van der Waals surface area contributed by atoms with Crippen LogP contribution in [0.25, 0.3) is 17.0 Å². The van der Waals surface area contributed by atoms with Crippen molar-refractivity contribution in [3.8, 4) is 11.5 Å². The molecule has 0 fully saturated rings. The molecular formula is C22H20N2O6. The van der Waals surface area contributed by atoms with E-state index in [0.717, 1.165) is 0 Å². The van der Waals surface area contributed by atoms with Gasteiger partial charge < -0.3 is 14.2 Å². The Balaban J connectivity index is 1.81. The second kappa shape index (κ2) is 9.04. The average molecular weight is 408 g/mol. The summed E-state index contributed by atoms with van der Waals surface area (Å²) < 4.78 is 16.5. The molecule has 0 aliphatic carbocycles. The fourth-order valence-corrected chi connectivity index (χ4v) is 2.85. The maximum Gasteiger partial charge on any atom is 0.331 e. The van der Waals surface area contributed by atoms with Crippen LogP contribution in [0.3, 0.4) is 0 Å². The standard InChI is InChI=1S/C22H20N2O6/c1-14-23-17-7-5-4-6-16(17)22(27)24(14)13-21(26)30-18-10-8-15(12-19(18)28-2)9-11-20(25)29-3/h4-12H,13H2,1-3H3/b11-9+. The Kier molecular flexibility index (Phi) is 6.26. The van der Waals surface area contributed by atoms with E-state index in [2.05, 4.69) is 9.72 Å². The second-order valence-electron chi connectivity index (χ2n) is 6.31. The number of nitrogens with zero attached hydrogens (tertiary/aromatic N) is 2. The van der Waals surface area contributed by atoms with Crippen LogP contribution >= 0.6 is 0 Å². The zero-order valence-electron chi connectivity index (χ0n) is 16.7. The van der Waals surface area contributed by atoms with E-state index in [1.165, 1.54) is 24.9 Å². The number of benzene rings is 2. The number of aryl methyl sites for hydroxylation is 1. The third kappa shape index (κ3) is 4.54. The molecule has 0 atom stereocenters. The number of fused-ring (bicyclic) bond motifs is 1. The van der Waals surface area contributed by atoms with Gasteiger partial charge in [0.2, 0.25) is 0 Å². The molecule has 0 bridgehead atoms. The minimum Gasteiger partial charge on any atom is -0.493 e. The molecule has 0 N–H and O–H groups in total. The van der Waals surface area contributed by atoms with E-state index in [4.69, 9.17) is 9.47 Å². The van der Waals surface area contributed by atoms with Gasteiger partial charge in [-0.05, 0) is 42.8 Å². The number of hydrogen-bond acceptors (Lipinski definition) is 7. The highest BCUT2D eigenvalue weighted by molar-refractivity contribution is 5.87. The fraction of sp³-hybridized carbons (Fsp3) is 0.182. The highest BCUT2D eigenvalue weighted by Gasteiger charge is 2.15. The molecule has 30 heavy (non-hydrogen) atoms. The lowest BCUT2D eigenvalue weighted by Crippen LogP contribution is -2.29. The molecule has 2 aromatic carbocycles. The predicted octanol–water partition coefficient (Wildman–Crippen LogP) is 2.51. The Morgan fingerprint density at radius 1 is 1.10 bits per heavy atom. The first-order valence-electron chi connectivity index (χ1n) is 9.04. The van der Waals surface area contributed by atoms with Gasteiger partial charge in [0.1, 0.15) is 12.4 Å². The van der Waals surface area contributed by atoms with Crippen molar-refractivity contribution in [1.82, 2.24) is 9.55 Å². The van der Waals surface area contributed by atoms with Crippen molar-refractivity contribution in [1.29, 1.82) is 0 Å².